The van der Waals surface area contributed by atoms with Crippen molar-refractivity contribution in [3.05, 3.63) is 35.4 Å². The molecule has 21 heavy (non-hydrogen) atoms. The first-order valence-corrected chi connectivity index (χ1v) is 7.52. The number of nitrogens with zero attached hydrogens (tertiary/aromatic N) is 1. The van der Waals surface area contributed by atoms with Crippen LogP contribution in [0.3, 0.4) is 0 Å². The van der Waals surface area contributed by atoms with Gasteiger partial charge in [0.15, 0.2) is 0 Å². The van der Waals surface area contributed by atoms with Crippen molar-refractivity contribution in [2.75, 3.05) is 13.2 Å². The van der Waals surface area contributed by atoms with Crippen molar-refractivity contribution in [1.29, 1.82) is 0 Å². The molecule has 0 aromatic heterocycles. The highest BCUT2D eigenvalue weighted by Gasteiger charge is 2.21. The second-order valence-electron chi connectivity index (χ2n) is 6.19. The van der Waals surface area contributed by atoms with Crippen molar-refractivity contribution in [3.63, 3.8) is 0 Å². The summed E-state index contributed by atoms with van der Waals surface area (Å²) in [4.78, 5) is 13.9. The molecule has 118 valence electrons. The summed E-state index contributed by atoms with van der Waals surface area (Å²) in [7, 11) is 0. The van der Waals surface area contributed by atoms with Crippen LogP contribution in [0.4, 0.5) is 4.79 Å². The van der Waals surface area contributed by atoms with Crippen LogP contribution in [0.15, 0.2) is 24.3 Å². The fourth-order valence-electron chi connectivity index (χ4n) is 1.99. The van der Waals surface area contributed by atoms with Gasteiger partial charge in [-0.15, -0.1) is 0 Å². The number of hydrogen-bond donors (Lipinski definition) is 1. The molecule has 0 aliphatic carbocycles. The number of carbonyl (C=O) groups excluding carboxylic acids is 1. The van der Waals surface area contributed by atoms with E-state index in [9.17, 15) is 4.79 Å². The maximum Gasteiger partial charge on any atom is 0.410 e. The van der Waals surface area contributed by atoms with Gasteiger partial charge in [0.05, 0.1) is 0 Å². The van der Waals surface area contributed by atoms with Gasteiger partial charge < -0.3 is 14.7 Å². The van der Waals surface area contributed by atoms with Gasteiger partial charge in [-0.05, 0) is 44.7 Å². The monoisotopic (exact) mass is 293 g/mol. The van der Waals surface area contributed by atoms with Crippen molar-refractivity contribution in [2.24, 2.45) is 0 Å². The fraction of sp³-hybridized carbons (Fsp3) is 0.588. The largest absolute Gasteiger partial charge is 0.444 e. The zero-order valence-corrected chi connectivity index (χ0v) is 13.6. The molecular weight excluding hydrogens is 266 g/mol. The minimum Gasteiger partial charge on any atom is -0.444 e. The van der Waals surface area contributed by atoms with Crippen LogP contribution in [0.25, 0.3) is 0 Å². The van der Waals surface area contributed by atoms with E-state index in [1.165, 1.54) is 0 Å². The number of benzene rings is 1. The highest BCUT2D eigenvalue weighted by Crippen LogP contribution is 2.14. The molecule has 0 fully saturated rings. The van der Waals surface area contributed by atoms with Gasteiger partial charge in [-0.3, -0.25) is 0 Å². The molecule has 0 aliphatic rings. The van der Waals surface area contributed by atoms with Crippen molar-refractivity contribution in [1.82, 2.24) is 4.90 Å². The quantitative estimate of drug-likeness (QED) is 0.875. The summed E-state index contributed by atoms with van der Waals surface area (Å²) in [5.74, 6) is 0. The van der Waals surface area contributed by atoms with Crippen LogP contribution in [-0.2, 0) is 17.7 Å². The number of aliphatic hydroxyl groups excluding tert-OH is 1. The molecule has 0 spiro atoms. The van der Waals surface area contributed by atoms with Gasteiger partial charge in [0.1, 0.15) is 5.60 Å². The first-order valence-electron chi connectivity index (χ1n) is 7.52. The maximum atomic E-state index is 12.2. The van der Waals surface area contributed by atoms with Crippen molar-refractivity contribution < 1.29 is 14.6 Å². The van der Waals surface area contributed by atoms with E-state index < -0.39 is 5.60 Å². The van der Waals surface area contributed by atoms with E-state index in [-0.39, 0.29) is 12.7 Å². The summed E-state index contributed by atoms with van der Waals surface area (Å²) in [5, 5.41) is 8.92. The third-order valence-corrected chi connectivity index (χ3v) is 2.94. The Balaban J connectivity index is 2.71. The summed E-state index contributed by atoms with van der Waals surface area (Å²) in [6, 6.07) is 7.98. The van der Waals surface area contributed by atoms with Crippen LogP contribution in [0.1, 0.15) is 45.2 Å². The smallest absolute Gasteiger partial charge is 0.410 e. The molecule has 1 aromatic carbocycles. The van der Waals surface area contributed by atoms with Crippen molar-refractivity contribution in [3.8, 4) is 0 Å². The molecule has 4 nitrogen and oxygen atoms in total. The lowest BCUT2D eigenvalue weighted by Gasteiger charge is -2.27. The Morgan fingerprint density at radius 2 is 1.76 bits per heavy atom. The number of rotatable bonds is 6. The third kappa shape index (κ3) is 6.63. The van der Waals surface area contributed by atoms with E-state index in [0.29, 0.717) is 19.5 Å². The first kappa shape index (κ1) is 17.5. The summed E-state index contributed by atoms with van der Waals surface area (Å²) in [6.07, 6.45) is 1.27. The van der Waals surface area contributed by atoms with Crippen LogP contribution < -0.4 is 0 Å². The Morgan fingerprint density at radius 3 is 2.24 bits per heavy atom. The maximum absolute atomic E-state index is 12.2. The molecule has 0 saturated carbocycles. The van der Waals surface area contributed by atoms with Gasteiger partial charge in [-0.25, -0.2) is 4.79 Å². The minimum atomic E-state index is -0.478. The van der Waals surface area contributed by atoms with Crippen LogP contribution >= 0.6 is 0 Å². The van der Waals surface area contributed by atoms with E-state index in [2.05, 4.69) is 0 Å². The highest BCUT2D eigenvalue weighted by molar-refractivity contribution is 5.68. The topological polar surface area (TPSA) is 49.8 Å². The lowest BCUT2D eigenvalue weighted by atomic mass is 10.1. The van der Waals surface area contributed by atoms with Crippen molar-refractivity contribution >= 4 is 6.09 Å². The second kappa shape index (κ2) is 8.03. The third-order valence-electron chi connectivity index (χ3n) is 2.94. The molecule has 0 aliphatic heterocycles. The molecule has 0 radical (unpaired) electrons. The van der Waals surface area contributed by atoms with E-state index >= 15 is 0 Å². The predicted octanol–water partition coefficient (Wildman–Crippen LogP) is 3.37. The SMILES string of the molecule is CCCN(Cc1ccc(CCO)cc1)C(=O)OC(C)(C)C. The molecule has 0 saturated heterocycles. The minimum absolute atomic E-state index is 0.152. The molecule has 0 unspecified atom stereocenters. The molecule has 4 heteroatoms. The van der Waals surface area contributed by atoms with Gasteiger partial charge in [-0.1, -0.05) is 31.2 Å². The Kier molecular flexibility index (Phi) is 6.69. The van der Waals surface area contributed by atoms with E-state index in [4.69, 9.17) is 9.84 Å². The van der Waals surface area contributed by atoms with Gasteiger partial charge in [0.25, 0.3) is 0 Å². The summed E-state index contributed by atoms with van der Waals surface area (Å²) in [5.41, 5.74) is 1.69. The Bertz CT molecular complexity index is 434. The molecule has 1 aromatic rings. The Morgan fingerprint density at radius 1 is 1.19 bits per heavy atom. The van der Waals surface area contributed by atoms with Gasteiger partial charge >= 0.3 is 6.09 Å². The molecule has 0 heterocycles. The van der Waals surface area contributed by atoms with Crippen LogP contribution in [-0.4, -0.2) is 34.9 Å². The lowest BCUT2D eigenvalue weighted by molar-refractivity contribution is 0.0233. The Hall–Kier alpha value is -1.55. The Labute approximate surface area is 127 Å². The summed E-state index contributed by atoms with van der Waals surface area (Å²) >= 11 is 0. The number of amides is 1. The van der Waals surface area contributed by atoms with E-state index in [1.54, 1.807) is 4.90 Å². The van der Waals surface area contributed by atoms with Crippen LogP contribution in [0, 0.1) is 0 Å². The molecule has 1 amide bonds. The van der Waals surface area contributed by atoms with E-state index in [1.807, 2.05) is 52.0 Å². The zero-order chi connectivity index (χ0) is 15.9. The van der Waals surface area contributed by atoms with Gasteiger partial charge in [0, 0.05) is 19.7 Å². The van der Waals surface area contributed by atoms with E-state index in [0.717, 1.165) is 17.5 Å². The molecule has 0 bridgehead atoms. The zero-order valence-electron chi connectivity index (χ0n) is 13.6. The first-order chi connectivity index (χ1) is 9.85. The normalized spacial score (nSPS) is 11.3. The number of aliphatic hydroxyl groups is 1. The fourth-order valence-corrected chi connectivity index (χ4v) is 1.99. The van der Waals surface area contributed by atoms with Gasteiger partial charge in [-0.2, -0.15) is 0 Å². The standard InChI is InChI=1S/C17H27NO3/c1-5-11-18(16(20)21-17(2,3)4)13-15-8-6-14(7-9-15)10-12-19/h6-9,19H,5,10-13H2,1-4H3. The summed E-state index contributed by atoms with van der Waals surface area (Å²) < 4.78 is 5.44. The molecule has 1 N–H and O–H groups in total. The number of carbonyl (C=O) groups is 1. The van der Waals surface area contributed by atoms with Crippen LogP contribution in [0.2, 0.25) is 0 Å². The van der Waals surface area contributed by atoms with Gasteiger partial charge in [0.2, 0.25) is 0 Å². The molecule has 0 atom stereocenters. The number of ether oxygens (including phenoxy) is 1. The summed E-state index contributed by atoms with van der Waals surface area (Å²) in [6.45, 7) is 9.03. The average molecular weight is 293 g/mol. The predicted molar refractivity (Wildman–Crippen MR) is 84.2 cm³/mol. The second-order valence-corrected chi connectivity index (χ2v) is 6.19. The highest BCUT2D eigenvalue weighted by atomic mass is 16.6. The molecular formula is C17H27NO3. The average Bonchev–Trinajstić information content (AvgIpc) is 2.39. The molecule has 1 rings (SSSR count). The van der Waals surface area contributed by atoms with Crippen LogP contribution in [0.5, 0.6) is 0 Å². The number of hydrogen-bond acceptors (Lipinski definition) is 3. The van der Waals surface area contributed by atoms with Crippen molar-refractivity contribution in [2.45, 2.75) is 52.7 Å². The lowest BCUT2D eigenvalue weighted by Crippen LogP contribution is -2.36.